The van der Waals surface area contributed by atoms with E-state index in [4.69, 9.17) is 11.6 Å². The minimum atomic E-state index is -0.762. The number of hydrogen-bond acceptors (Lipinski definition) is 1. The SMILES string of the molecule is Bc1ccc(C(=O)Cl)c(F)c1. The van der Waals surface area contributed by atoms with Crippen LogP contribution in [0.3, 0.4) is 0 Å². The molecular formula is C7H5BClFO. The minimum absolute atomic E-state index is 0.0720. The molecule has 0 aliphatic carbocycles. The number of carbonyl (C=O) groups is 1. The molecule has 0 atom stereocenters. The molecule has 0 saturated carbocycles. The van der Waals surface area contributed by atoms with Crippen LogP contribution in [-0.4, -0.2) is 13.1 Å². The molecule has 0 fully saturated rings. The third kappa shape index (κ3) is 1.81. The molecule has 1 nitrogen and oxygen atoms in total. The fourth-order valence-corrected chi connectivity index (χ4v) is 0.933. The van der Waals surface area contributed by atoms with Gasteiger partial charge >= 0.3 is 0 Å². The van der Waals surface area contributed by atoms with Crippen molar-refractivity contribution in [2.45, 2.75) is 0 Å². The second-order valence-electron chi connectivity index (χ2n) is 2.26. The molecule has 4 heteroatoms. The van der Waals surface area contributed by atoms with E-state index >= 15 is 0 Å². The average Bonchev–Trinajstić information content (AvgIpc) is 1.85. The lowest BCUT2D eigenvalue weighted by atomic mass is 9.95. The molecule has 0 aromatic heterocycles. The Kier molecular flexibility index (Phi) is 2.30. The van der Waals surface area contributed by atoms with Gasteiger partial charge < -0.3 is 0 Å². The van der Waals surface area contributed by atoms with E-state index in [-0.39, 0.29) is 5.56 Å². The molecule has 0 aliphatic heterocycles. The van der Waals surface area contributed by atoms with E-state index in [0.717, 1.165) is 5.46 Å². The van der Waals surface area contributed by atoms with E-state index in [1.165, 1.54) is 12.1 Å². The highest BCUT2D eigenvalue weighted by atomic mass is 35.5. The first-order chi connectivity index (χ1) is 5.11. The monoisotopic (exact) mass is 170 g/mol. The van der Waals surface area contributed by atoms with E-state index in [1.54, 1.807) is 13.9 Å². The van der Waals surface area contributed by atoms with Crippen LogP contribution in [0.1, 0.15) is 10.4 Å². The van der Waals surface area contributed by atoms with E-state index in [0.29, 0.717) is 0 Å². The van der Waals surface area contributed by atoms with Crippen LogP contribution >= 0.6 is 11.6 Å². The standard InChI is InChI=1S/C7H5BClFO/c8-4-1-2-5(7(9)11)6(10)3-4/h1-3H,8H2. The third-order valence-corrected chi connectivity index (χ3v) is 1.54. The summed E-state index contributed by atoms with van der Waals surface area (Å²) in [5.41, 5.74) is 0.696. The molecule has 0 bridgehead atoms. The molecule has 0 unspecified atom stereocenters. The highest BCUT2D eigenvalue weighted by molar-refractivity contribution is 6.67. The van der Waals surface area contributed by atoms with Crippen molar-refractivity contribution < 1.29 is 9.18 Å². The Hall–Kier alpha value is -0.825. The van der Waals surface area contributed by atoms with Gasteiger partial charge in [0.1, 0.15) is 13.7 Å². The Morgan fingerprint density at radius 2 is 2.18 bits per heavy atom. The molecule has 0 spiro atoms. The van der Waals surface area contributed by atoms with Crippen LogP contribution in [0.2, 0.25) is 0 Å². The Morgan fingerprint density at radius 1 is 1.55 bits per heavy atom. The van der Waals surface area contributed by atoms with Gasteiger partial charge in [-0.3, -0.25) is 4.79 Å². The molecule has 0 heterocycles. The lowest BCUT2D eigenvalue weighted by Crippen LogP contribution is -2.05. The van der Waals surface area contributed by atoms with Gasteiger partial charge in [-0.1, -0.05) is 11.5 Å². The van der Waals surface area contributed by atoms with Crippen molar-refractivity contribution in [1.29, 1.82) is 0 Å². The highest BCUT2D eigenvalue weighted by Crippen LogP contribution is 2.07. The highest BCUT2D eigenvalue weighted by Gasteiger charge is 2.07. The van der Waals surface area contributed by atoms with Crippen LogP contribution in [-0.2, 0) is 0 Å². The predicted molar refractivity (Wildman–Crippen MR) is 44.8 cm³/mol. The molecule has 56 valence electrons. The molecular weight excluding hydrogens is 165 g/mol. The van der Waals surface area contributed by atoms with Crippen LogP contribution in [0.15, 0.2) is 18.2 Å². The molecule has 1 rings (SSSR count). The Morgan fingerprint density at radius 3 is 2.64 bits per heavy atom. The van der Waals surface area contributed by atoms with Gasteiger partial charge in [-0.25, -0.2) is 4.39 Å². The average molecular weight is 170 g/mol. The quantitative estimate of drug-likeness (QED) is 0.442. The maximum Gasteiger partial charge on any atom is 0.255 e. The van der Waals surface area contributed by atoms with Crippen LogP contribution in [0, 0.1) is 5.82 Å². The largest absolute Gasteiger partial charge is 0.275 e. The molecule has 0 aliphatic rings. The summed E-state index contributed by atoms with van der Waals surface area (Å²) in [4.78, 5) is 10.5. The van der Waals surface area contributed by atoms with Gasteiger partial charge in [0, 0.05) is 0 Å². The Labute approximate surface area is 69.6 Å². The van der Waals surface area contributed by atoms with Gasteiger partial charge in [0.25, 0.3) is 5.24 Å². The van der Waals surface area contributed by atoms with Crippen molar-refractivity contribution in [3.05, 3.63) is 29.6 Å². The lowest BCUT2D eigenvalue weighted by molar-refractivity contribution is 0.107. The van der Waals surface area contributed by atoms with Crippen LogP contribution in [0.5, 0.6) is 0 Å². The zero-order valence-corrected chi connectivity index (χ0v) is 6.65. The summed E-state index contributed by atoms with van der Waals surface area (Å²) in [6.07, 6.45) is 0. The van der Waals surface area contributed by atoms with Crippen molar-refractivity contribution in [2.75, 3.05) is 0 Å². The molecule has 1 aromatic rings. The van der Waals surface area contributed by atoms with Crippen LogP contribution < -0.4 is 5.46 Å². The van der Waals surface area contributed by atoms with Crippen molar-refractivity contribution in [3.63, 3.8) is 0 Å². The van der Waals surface area contributed by atoms with Gasteiger partial charge in [0.15, 0.2) is 0 Å². The van der Waals surface area contributed by atoms with Crippen LogP contribution in [0.25, 0.3) is 0 Å². The number of benzene rings is 1. The first-order valence-electron chi connectivity index (χ1n) is 3.07. The topological polar surface area (TPSA) is 17.1 Å². The lowest BCUT2D eigenvalue weighted by Gasteiger charge is -1.96. The molecule has 1 aromatic carbocycles. The van der Waals surface area contributed by atoms with Crippen molar-refractivity contribution >= 4 is 30.2 Å². The predicted octanol–water partition coefficient (Wildman–Crippen LogP) is 0.463. The zero-order chi connectivity index (χ0) is 8.43. The summed E-state index contributed by atoms with van der Waals surface area (Å²) in [6, 6.07) is 4.29. The van der Waals surface area contributed by atoms with Gasteiger partial charge in [-0.15, -0.1) is 0 Å². The number of carbonyl (C=O) groups excluding carboxylic acids is 1. The van der Waals surface area contributed by atoms with E-state index in [9.17, 15) is 9.18 Å². The van der Waals surface area contributed by atoms with E-state index < -0.39 is 11.1 Å². The number of rotatable bonds is 1. The summed E-state index contributed by atoms with van der Waals surface area (Å²) in [6.45, 7) is 0. The second-order valence-corrected chi connectivity index (χ2v) is 2.60. The normalized spacial score (nSPS) is 9.64. The summed E-state index contributed by atoms with van der Waals surface area (Å²) in [5, 5.41) is -0.762. The Bertz CT molecular complexity index is 300. The number of halogens is 2. The van der Waals surface area contributed by atoms with Gasteiger partial charge in [0.2, 0.25) is 0 Å². The maximum absolute atomic E-state index is 12.8. The van der Waals surface area contributed by atoms with Gasteiger partial charge in [-0.05, 0) is 23.7 Å². The zero-order valence-electron chi connectivity index (χ0n) is 5.90. The van der Waals surface area contributed by atoms with Crippen LogP contribution in [0.4, 0.5) is 4.39 Å². The fraction of sp³-hybridized carbons (Fsp3) is 0. The summed E-state index contributed by atoms with van der Waals surface area (Å²) < 4.78 is 12.8. The molecule has 0 radical (unpaired) electrons. The molecule has 0 N–H and O–H groups in total. The van der Waals surface area contributed by atoms with Crippen molar-refractivity contribution in [3.8, 4) is 0 Å². The molecule has 0 saturated heterocycles. The minimum Gasteiger partial charge on any atom is -0.275 e. The number of hydrogen-bond donors (Lipinski definition) is 0. The summed E-state index contributed by atoms with van der Waals surface area (Å²) in [7, 11) is 1.74. The third-order valence-electron chi connectivity index (χ3n) is 1.34. The maximum atomic E-state index is 12.8. The molecule has 11 heavy (non-hydrogen) atoms. The Balaban J connectivity index is 3.20. The second kappa shape index (κ2) is 3.05. The molecule has 0 amide bonds. The summed E-state index contributed by atoms with van der Waals surface area (Å²) in [5.74, 6) is -0.565. The smallest absolute Gasteiger partial charge is 0.255 e. The van der Waals surface area contributed by atoms with Gasteiger partial charge in [0.05, 0.1) is 5.56 Å². The van der Waals surface area contributed by atoms with E-state index in [1.807, 2.05) is 0 Å². The van der Waals surface area contributed by atoms with Gasteiger partial charge in [-0.2, -0.15) is 0 Å². The van der Waals surface area contributed by atoms with Crippen molar-refractivity contribution in [1.82, 2.24) is 0 Å². The van der Waals surface area contributed by atoms with E-state index in [2.05, 4.69) is 0 Å². The summed E-state index contributed by atoms with van der Waals surface area (Å²) >= 11 is 5.08. The first kappa shape index (κ1) is 8.27. The first-order valence-corrected chi connectivity index (χ1v) is 3.45. The van der Waals surface area contributed by atoms with Crippen molar-refractivity contribution in [2.24, 2.45) is 0 Å². The fourth-order valence-electron chi connectivity index (χ4n) is 0.780.